The van der Waals surface area contributed by atoms with Crippen LogP contribution in [0.15, 0.2) is 53.1 Å². The minimum atomic E-state index is -0.260. The maximum Gasteiger partial charge on any atom is 0.280 e. The van der Waals surface area contributed by atoms with Gasteiger partial charge in [-0.2, -0.15) is 10.1 Å². The Kier molecular flexibility index (Phi) is 4.11. The van der Waals surface area contributed by atoms with Crippen LogP contribution < -0.4 is 5.01 Å². The van der Waals surface area contributed by atoms with E-state index in [4.69, 9.17) is 23.2 Å². The van der Waals surface area contributed by atoms with Crippen LogP contribution in [0.4, 0.5) is 5.69 Å². The number of benzene rings is 2. The third-order valence-corrected chi connectivity index (χ3v) is 4.13. The summed E-state index contributed by atoms with van der Waals surface area (Å²) in [7, 11) is 0. The van der Waals surface area contributed by atoms with E-state index in [9.17, 15) is 9.90 Å². The highest BCUT2D eigenvalue weighted by molar-refractivity contribution is 6.42. The molecule has 4 nitrogen and oxygen atoms in total. The lowest BCUT2D eigenvalue weighted by Crippen LogP contribution is -2.21. The van der Waals surface area contributed by atoms with Gasteiger partial charge in [-0.05, 0) is 48.9 Å². The molecule has 3 rings (SSSR count). The average Bonchev–Trinajstić information content (AvgIpc) is 2.78. The number of aromatic hydroxyl groups is 1. The molecule has 116 valence electrons. The summed E-state index contributed by atoms with van der Waals surface area (Å²) in [5.41, 5.74) is 2.31. The summed E-state index contributed by atoms with van der Waals surface area (Å²) < 4.78 is 0. The van der Waals surface area contributed by atoms with Gasteiger partial charge in [0.25, 0.3) is 5.91 Å². The molecule has 1 heterocycles. The summed E-state index contributed by atoms with van der Waals surface area (Å²) in [5.74, 6) is -0.120. The molecule has 23 heavy (non-hydrogen) atoms. The Labute approximate surface area is 143 Å². The molecule has 0 spiro atoms. The predicted octanol–water partition coefficient (Wildman–Crippen LogP) is 4.51. The fourth-order valence-corrected chi connectivity index (χ4v) is 2.55. The number of nitrogens with zero attached hydrogens (tertiary/aromatic N) is 2. The molecule has 0 fully saturated rings. The van der Waals surface area contributed by atoms with Crippen molar-refractivity contribution in [2.45, 2.75) is 6.92 Å². The summed E-state index contributed by atoms with van der Waals surface area (Å²) in [5, 5.41) is 15.9. The van der Waals surface area contributed by atoms with Crippen molar-refractivity contribution in [3.63, 3.8) is 0 Å². The van der Waals surface area contributed by atoms with E-state index in [1.54, 1.807) is 55.5 Å². The highest BCUT2D eigenvalue weighted by Crippen LogP contribution is 2.31. The highest BCUT2D eigenvalue weighted by Gasteiger charge is 2.28. The van der Waals surface area contributed by atoms with Gasteiger partial charge in [0.15, 0.2) is 0 Å². The molecule has 1 amide bonds. The number of carbonyl (C=O) groups excluding carboxylic acids is 1. The number of hydrogen-bond donors (Lipinski definition) is 1. The molecule has 0 aromatic heterocycles. The van der Waals surface area contributed by atoms with Gasteiger partial charge in [0.1, 0.15) is 5.75 Å². The van der Waals surface area contributed by atoms with Gasteiger partial charge in [-0.25, -0.2) is 0 Å². The van der Waals surface area contributed by atoms with E-state index in [-0.39, 0.29) is 11.7 Å². The lowest BCUT2D eigenvalue weighted by atomic mass is 10.1. The molecule has 0 saturated carbocycles. The highest BCUT2D eigenvalue weighted by atomic mass is 35.5. The van der Waals surface area contributed by atoms with Crippen molar-refractivity contribution in [3.05, 3.63) is 63.6 Å². The molecule has 0 bridgehead atoms. The summed E-state index contributed by atoms with van der Waals surface area (Å²) in [6.07, 6.45) is 1.69. The molecule has 6 heteroatoms. The number of carbonyl (C=O) groups is 1. The summed E-state index contributed by atoms with van der Waals surface area (Å²) in [6.45, 7) is 1.75. The maximum absolute atomic E-state index is 12.6. The second kappa shape index (κ2) is 6.07. The second-order valence-electron chi connectivity index (χ2n) is 5.05. The van der Waals surface area contributed by atoms with E-state index in [1.165, 1.54) is 5.01 Å². The molecule has 0 unspecified atom stereocenters. The van der Waals surface area contributed by atoms with Crippen LogP contribution in [-0.2, 0) is 4.79 Å². The SMILES string of the molecule is CC1=NN(c2ccc(Cl)c(Cl)c2)C(=O)/C1=C\c1cccc(O)c1. The summed E-state index contributed by atoms with van der Waals surface area (Å²) in [4.78, 5) is 12.6. The first-order chi connectivity index (χ1) is 11.0. The number of hydrogen-bond acceptors (Lipinski definition) is 3. The van der Waals surface area contributed by atoms with E-state index in [1.807, 2.05) is 0 Å². The van der Waals surface area contributed by atoms with Crippen LogP contribution >= 0.6 is 23.2 Å². The fraction of sp³-hybridized carbons (Fsp3) is 0.0588. The van der Waals surface area contributed by atoms with Gasteiger partial charge in [-0.3, -0.25) is 4.79 Å². The van der Waals surface area contributed by atoms with E-state index in [2.05, 4.69) is 5.10 Å². The first-order valence-electron chi connectivity index (χ1n) is 6.81. The molecular formula is C17H12Cl2N2O2. The van der Waals surface area contributed by atoms with Gasteiger partial charge in [0.05, 0.1) is 27.0 Å². The van der Waals surface area contributed by atoms with Gasteiger partial charge in [-0.15, -0.1) is 0 Å². The van der Waals surface area contributed by atoms with Crippen LogP contribution in [0, 0.1) is 0 Å². The van der Waals surface area contributed by atoms with Crippen molar-refractivity contribution in [3.8, 4) is 5.75 Å². The predicted molar refractivity (Wildman–Crippen MR) is 93.1 cm³/mol. The normalized spacial score (nSPS) is 16.1. The van der Waals surface area contributed by atoms with E-state index >= 15 is 0 Å². The number of phenols is 1. The van der Waals surface area contributed by atoms with Gasteiger partial charge in [0.2, 0.25) is 0 Å². The zero-order valence-corrected chi connectivity index (χ0v) is 13.6. The largest absolute Gasteiger partial charge is 0.508 e. The van der Waals surface area contributed by atoms with Crippen LogP contribution in [-0.4, -0.2) is 16.7 Å². The maximum atomic E-state index is 12.6. The Morgan fingerprint density at radius 2 is 1.91 bits per heavy atom. The van der Waals surface area contributed by atoms with E-state index in [0.717, 1.165) is 5.56 Å². The minimum Gasteiger partial charge on any atom is -0.508 e. The average molecular weight is 347 g/mol. The first-order valence-corrected chi connectivity index (χ1v) is 7.57. The number of anilines is 1. The van der Waals surface area contributed by atoms with Crippen LogP contribution in [0.25, 0.3) is 6.08 Å². The molecule has 1 aliphatic heterocycles. The lowest BCUT2D eigenvalue weighted by molar-refractivity contribution is -0.114. The van der Waals surface area contributed by atoms with Gasteiger partial charge >= 0.3 is 0 Å². The van der Waals surface area contributed by atoms with E-state index in [0.29, 0.717) is 27.0 Å². The number of amides is 1. The Bertz CT molecular complexity index is 859. The second-order valence-corrected chi connectivity index (χ2v) is 5.87. The van der Waals surface area contributed by atoms with Crippen molar-refractivity contribution in [1.29, 1.82) is 0 Å². The molecule has 2 aromatic rings. The van der Waals surface area contributed by atoms with Crippen LogP contribution in [0.1, 0.15) is 12.5 Å². The topological polar surface area (TPSA) is 52.9 Å². The molecule has 1 aliphatic rings. The Morgan fingerprint density at radius 3 is 2.61 bits per heavy atom. The third-order valence-electron chi connectivity index (χ3n) is 3.39. The lowest BCUT2D eigenvalue weighted by Gasteiger charge is -2.12. The summed E-state index contributed by atoms with van der Waals surface area (Å²) in [6, 6.07) is 11.6. The fourth-order valence-electron chi connectivity index (χ4n) is 2.26. The van der Waals surface area contributed by atoms with Gasteiger partial charge < -0.3 is 5.11 Å². The molecule has 2 aromatic carbocycles. The monoisotopic (exact) mass is 346 g/mol. The number of halogens is 2. The van der Waals surface area contributed by atoms with Crippen molar-refractivity contribution in [2.24, 2.45) is 5.10 Å². The zero-order chi connectivity index (χ0) is 16.6. The first kappa shape index (κ1) is 15.6. The Hall–Kier alpha value is -2.30. The number of hydrazone groups is 1. The van der Waals surface area contributed by atoms with Crippen molar-refractivity contribution < 1.29 is 9.90 Å². The van der Waals surface area contributed by atoms with Crippen molar-refractivity contribution in [2.75, 3.05) is 5.01 Å². The molecular weight excluding hydrogens is 335 g/mol. The van der Waals surface area contributed by atoms with Crippen LogP contribution in [0.5, 0.6) is 5.75 Å². The number of rotatable bonds is 2. The van der Waals surface area contributed by atoms with Crippen molar-refractivity contribution >= 4 is 46.6 Å². The summed E-state index contributed by atoms with van der Waals surface area (Å²) >= 11 is 11.9. The quantitative estimate of drug-likeness (QED) is 0.813. The van der Waals surface area contributed by atoms with Crippen LogP contribution in [0.2, 0.25) is 10.0 Å². The molecule has 0 aliphatic carbocycles. The van der Waals surface area contributed by atoms with Gasteiger partial charge in [-0.1, -0.05) is 35.3 Å². The molecule has 0 saturated heterocycles. The standard InChI is InChI=1S/C17H12Cl2N2O2/c1-10-14(8-11-3-2-4-13(22)7-11)17(23)21(20-10)12-5-6-15(18)16(19)9-12/h2-9,22H,1H3/b14-8-. The Balaban J connectivity index is 1.96. The zero-order valence-electron chi connectivity index (χ0n) is 12.1. The third kappa shape index (κ3) is 3.09. The minimum absolute atomic E-state index is 0.140. The Morgan fingerprint density at radius 1 is 1.13 bits per heavy atom. The van der Waals surface area contributed by atoms with E-state index < -0.39 is 0 Å². The number of phenolic OH excluding ortho intramolecular Hbond substituents is 1. The molecule has 1 N–H and O–H groups in total. The van der Waals surface area contributed by atoms with Crippen LogP contribution in [0.3, 0.4) is 0 Å². The smallest absolute Gasteiger partial charge is 0.280 e. The molecule has 0 radical (unpaired) electrons. The van der Waals surface area contributed by atoms with Crippen molar-refractivity contribution in [1.82, 2.24) is 0 Å². The van der Waals surface area contributed by atoms with Gasteiger partial charge in [0, 0.05) is 0 Å². The molecule has 0 atom stereocenters.